The number of ether oxygens (including phenoxy) is 1. The molecule has 8 nitrogen and oxygen atoms in total. The Morgan fingerprint density at radius 2 is 2.16 bits per heavy atom. The standard InChI is InChI=1S/C16H21FN4O4/c17-10-2-1-3-11(16(10)24)18-14(22)8-12-19-13(9-15(23)20-12)21-4-6-25-7-5-21/h1-3,12-13,19,24H,4-9H2,(H,18,22)(H,20,23). The summed E-state index contributed by atoms with van der Waals surface area (Å²) in [6.07, 6.45) is -0.423. The molecular weight excluding hydrogens is 331 g/mol. The van der Waals surface area contributed by atoms with Crippen LogP contribution in [-0.4, -0.2) is 60.5 Å². The highest BCUT2D eigenvalue weighted by molar-refractivity contribution is 5.93. The van der Waals surface area contributed by atoms with Crippen LogP contribution < -0.4 is 16.0 Å². The van der Waals surface area contributed by atoms with Crippen molar-refractivity contribution in [2.45, 2.75) is 25.2 Å². The van der Waals surface area contributed by atoms with Gasteiger partial charge in [-0.15, -0.1) is 0 Å². The quantitative estimate of drug-likeness (QED) is 0.567. The average molecular weight is 352 g/mol. The first kappa shape index (κ1) is 17.6. The summed E-state index contributed by atoms with van der Waals surface area (Å²) in [5.41, 5.74) is -0.00290. The molecule has 3 rings (SSSR count). The van der Waals surface area contributed by atoms with Gasteiger partial charge in [0.1, 0.15) is 0 Å². The molecule has 2 aliphatic heterocycles. The van der Waals surface area contributed by atoms with Crippen molar-refractivity contribution in [3.8, 4) is 5.75 Å². The minimum Gasteiger partial charge on any atom is -0.503 e. The van der Waals surface area contributed by atoms with Crippen molar-refractivity contribution in [2.24, 2.45) is 0 Å². The molecule has 0 aromatic heterocycles. The average Bonchev–Trinajstić information content (AvgIpc) is 2.59. The summed E-state index contributed by atoms with van der Waals surface area (Å²) in [7, 11) is 0. The number of halogens is 1. The first-order valence-electron chi connectivity index (χ1n) is 8.17. The zero-order valence-corrected chi connectivity index (χ0v) is 13.6. The highest BCUT2D eigenvalue weighted by Gasteiger charge is 2.31. The van der Waals surface area contributed by atoms with Gasteiger partial charge in [-0.1, -0.05) is 6.07 Å². The third-order valence-electron chi connectivity index (χ3n) is 4.24. The lowest BCUT2D eigenvalue weighted by Gasteiger charge is -2.40. The van der Waals surface area contributed by atoms with Crippen molar-refractivity contribution in [1.82, 2.24) is 15.5 Å². The molecular formula is C16H21FN4O4. The van der Waals surface area contributed by atoms with Crippen molar-refractivity contribution >= 4 is 17.5 Å². The molecule has 2 heterocycles. The van der Waals surface area contributed by atoms with E-state index in [2.05, 4.69) is 20.9 Å². The van der Waals surface area contributed by atoms with E-state index >= 15 is 0 Å². The Labute approximate surface area is 144 Å². The van der Waals surface area contributed by atoms with E-state index in [0.29, 0.717) is 19.6 Å². The molecule has 0 saturated carbocycles. The number of amides is 2. The Balaban J connectivity index is 1.58. The number of nitrogens with one attached hydrogen (secondary N) is 3. The molecule has 2 aliphatic rings. The summed E-state index contributed by atoms with van der Waals surface area (Å²) >= 11 is 0. The lowest BCUT2D eigenvalue weighted by Crippen LogP contribution is -2.63. The molecule has 1 aromatic carbocycles. The lowest BCUT2D eigenvalue weighted by atomic mass is 10.1. The van der Waals surface area contributed by atoms with Gasteiger partial charge < -0.3 is 20.5 Å². The second-order valence-electron chi connectivity index (χ2n) is 6.04. The Morgan fingerprint density at radius 3 is 2.92 bits per heavy atom. The highest BCUT2D eigenvalue weighted by Crippen LogP contribution is 2.26. The van der Waals surface area contributed by atoms with Gasteiger partial charge in [-0.25, -0.2) is 4.39 Å². The number of phenolic OH excluding ortho intramolecular Hbond substituents is 1. The van der Waals surface area contributed by atoms with Crippen LogP contribution in [0.2, 0.25) is 0 Å². The van der Waals surface area contributed by atoms with E-state index in [0.717, 1.165) is 19.2 Å². The molecule has 0 spiro atoms. The number of phenols is 1. The molecule has 0 aliphatic carbocycles. The maximum Gasteiger partial charge on any atom is 0.227 e. The maximum atomic E-state index is 13.3. The SMILES string of the molecule is O=C(CC1NC(=O)CC(N2CCOCC2)N1)Nc1cccc(F)c1O. The van der Waals surface area contributed by atoms with Gasteiger partial charge in [-0.05, 0) is 12.1 Å². The fraction of sp³-hybridized carbons (Fsp3) is 0.500. The third-order valence-corrected chi connectivity index (χ3v) is 4.24. The van der Waals surface area contributed by atoms with Gasteiger partial charge in [0, 0.05) is 13.1 Å². The fourth-order valence-corrected chi connectivity index (χ4v) is 3.00. The van der Waals surface area contributed by atoms with Crippen LogP contribution in [0.25, 0.3) is 0 Å². The second kappa shape index (κ2) is 7.77. The maximum absolute atomic E-state index is 13.3. The molecule has 136 valence electrons. The molecule has 4 N–H and O–H groups in total. The van der Waals surface area contributed by atoms with Crippen molar-refractivity contribution in [1.29, 1.82) is 0 Å². The van der Waals surface area contributed by atoms with E-state index in [1.807, 2.05) is 0 Å². The van der Waals surface area contributed by atoms with Crippen molar-refractivity contribution in [2.75, 3.05) is 31.6 Å². The summed E-state index contributed by atoms with van der Waals surface area (Å²) in [6, 6.07) is 3.89. The van der Waals surface area contributed by atoms with E-state index in [4.69, 9.17) is 4.74 Å². The number of rotatable bonds is 4. The predicted octanol–water partition coefficient (Wildman–Crippen LogP) is -0.0462. The number of hydrogen-bond acceptors (Lipinski definition) is 6. The van der Waals surface area contributed by atoms with Crippen LogP contribution in [0, 0.1) is 5.82 Å². The molecule has 2 atom stereocenters. The number of benzene rings is 1. The number of para-hydroxylation sites is 1. The van der Waals surface area contributed by atoms with Gasteiger partial charge in [-0.2, -0.15) is 0 Å². The van der Waals surface area contributed by atoms with Crippen molar-refractivity contribution in [3.63, 3.8) is 0 Å². The summed E-state index contributed by atoms with van der Waals surface area (Å²) in [5.74, 6) is -2.00. The third kappa shape index (κ3) is 4.44. The molecule has 25 heavy (non-hydrogen) atoms. The van der Waals surface area contributed by atoms with Crippen LogP contribution in [0.5, 0.6) is 5.75 Å². The molecule has 9 heteroatoms. The number of carbonyl (C=O) groups is 2. The fourth-order valence-electron chi connectivity index (χ4n) is 3.00. The van der Waals surface area contributed by atoms with E-state index in [9.17, 15) is 19.1 Å². The number of carbonyl (C=O) groups excluding carboxylic acids is 2. The number of aromatic hydroxyl groups is 1. The van der Waals surface area contributed by atoms with E-state index in [-0.39, 0.29) is 24.2 Å². The van der Waals surface area contributed by atoms with Crippen LogP contribution in [0.3, 0.4) is 0 Å². The Morgan fingerprint density at radius 1 is 1.40 bits per heavy atom. The highest BCUT2D eigenvalue weighted by atomic mass is 19.1. The first-order valence-corrected chi connectivity index (χ1v) is 8.17. The van der Waals surface area contributed by atoms with Crippen LogP contribution in [-0.2, 0) is 14.3 Å². The lowest BCUT2D eigenvalue weighted by molar-refractivity contribution is -0.128. The number of nitrogens with zero attached hydrogens (tertiary/aromatic N) is 1. The van der Waals surface area contributed by atoms with Crippen LogP contribution in [0.4, 0.5) is 10.1 Å². The zero-order valence-electron chi connectivity index (χ0n) is 13.6. The van der Waals surface area contributed by atoms with Gasteiger partial charge in [0.05, 0.1) is 44.1 Å². The first-order chi connectivity index (χ1) is 12.0. The van der Waals surface area contributed by atoms with Gasteiger partial charge in [-0.3, -0.25) is 19.8 Å². The summed E-state index contributed by atoms with van der Waals surface area (Å²) in [6.45, 7) is 2.68. The van der Waals surface area contributed by atoms with E-state index < -0.39 is 23.6 Å². The molecule has 2 amide bonds. The second-order valence-corrected chi connectivity index (χ2v) is 6.04. The van der Waals surface area contributed by atoms with Gasteiger partial charge in [0.2, 0.25) is 11.8 Å². The Hall–Kier alpha value is -2.23. The van der Waals surface area contributed by atoms with Gasteiger partial charge >= 0.3 is 0 Å². The van der Waals surface area contributed by atoms with Crippen LogP contribution in [0.15, 0.2) is 18.2 Å². The minimum atomic E-state index is -0.811. The monoisotopic (exact) mass is 352 g/mol. The number of anilines is 1. The topological polar surface area (TPSA) is 103 Å². The normalized spacial score (nSPS) is 24.6. The van der Waals surface area contributed by atoms with Gasteiger partial charge in [0.15, 0.2) is 11.6 Å². The molecule has 2 saturated heterocycles. The molecule has 2 unspecified atom stereocenters. The summed E-state index contributed by atoms with van der Waals surface area (Å²) < 4.78 is 18.6. The van der Waals surface area contributed by atoms with Crippen LogP contribution >= 0.6 is 0 Å². The number of morpholine rings is 1. The smallest absolute Gasteiger partial charge is 0.227 e. The molecule has 2 fully saturated rings. The predicted molar refractivity (Wildman–Crippen MR) is 87.2 cm³/mol. The van der Waals surface area contributed by atoms with Gasteiger partial charge in [0.25, 0.3) is 0 Å². The molecule has 0 radical (unpaired) electrons. The van der Waals surface area contributed by atoms with Crippen LogP contribution in [0.1, 0.15) is 12.8 Å². The van der Waals surface area contributed by atoms with E-state index in [1.165, 1.54) is 12.1 Å². The summed E-state index contributed by atoms with van der Waals surface area (Å²) in [5, 5.41) is 18.0. The Kier molecular flexibility index (Phi) is 5.47. The van der Waals surface area contributed by atoms with Crippen molar-refractivity contribution in [3.05, 3.63) is 24.0 Å². The largest absolute Gasteiger partial charge is 0.503 e. The zero-order chi connectivity index (χ0) is 17.8. The van der Waals surface area contributed by atoms with Crippen molar-refractivity contribution < 1.29 is 23.8 Å². The molecule has 0 bridgehead atoms. The molecule has 1 aromatic rings. The Bertz CT molecular complexity index is 651. The van der Waals surface area contributed by atoms with E-state index in [1.54, 1.807) is 0 Å². The minimum absolute atomic E-state index is 0.00290. The number of hydrogen-bond donors (Lipinski definition) is 4. The summed E-state index contributed by atoms with van der Waals surface area (Å²) in [4.78, 5) is 26.2.